The van der Waals surface area contributed by atoms with E-state index in [4.69, 9.17) is 0 Å². The Bertz CT molecular complexity index is 455. The second-order valence-electron chi connectivity index (χ2n) is 6.10. The number of hydrogen-bond donors (Lipinski definition) is 1. The molecule has 2 fully saturated rings. The molecule has 1 aromatic rings. The minimum atomic E-state index is -0.0402. The van der Waals surface area contributed by atoms with Crippen molar-refractivity contribution in [3.8, 4) is 0 Å². The normalized spacial score (nSPS) is 26.2. The molecule has 1 N–H and O–H groups in total. The van der Waals surface area contributed by atoms with E-state index in [0.717, 1.165) is 25.3 Å². The first kappa shape index (κ1) is 13.6. The average Bonchev–Trinajstić information content (AvgIpc) is 3.25. The molecule has 2 unspecified atom stereocenters. The van der Waals surface area contributed by atoms with Gasteiger partial charge in [0, 0.05) is 6.54 Å². The summed E-state index contributed by atoms with van der Waals surface area (Å²) in [6.07, 6.45) is 5.93. The number of nitrogens with one attached hydrogen (secondary N) is 1. The van der Waals surface area contributed by atoms with Crippen molar-refractivity contribution in [2.24, 2.45) is 5.92 Å². The van der Waals surface area contributed by atoms with Gasteiger partial charge in [0.2, 0.25) is 5.91 Å². The van der Waals surface area contributed by atoms with Crippen molar-refractivity contribution >= 4 is 5.91 Å². The lowest BCUT2D eigenvalue weighted by molar-refractivity contribution is -0.130. The van der Waals surface area contributed by atoms with Crippen LogP contribution < -0.4 is 5.32 Å². The van der Waals surface area contributed by atoms with Gasteiger partial charge in [0.05, 0.1) is 12.2 Å². The monoisotopic (exact) mass is 272 g/mol. The molecule has 0 aromatic heterocycles. The summed E-state index contributed by atoms with van der Waals surface area (Å²) in [6, 6.07) is 10.3. The first-order valence-corrected chi connectivity index (χ1v) is 7.88. The van der Waals surface area contributed by atoms with E-state index in [-0.39, 0.29) is 12.2 Å². The highest BCUT2D eigenvalue weighted by Crippen LogP contribution is 2.33. The molecule has 3 nitrogen and oxygen atoms in total. The number of hydrogen-bond acceptors (Lipinski definition) is 2. The second-order valence-corrected chi connectivity index (χ2v) is 6.10. The molecule has 1 saturated heterocycles. The molecule has 20 heavy (non-hydrogen) atoms. The van der Waals surface area contributed by atoms with Crippen molar-refractivity contribution in [1.82, 2.24) is 10.2 Å². The van der Waals surface area contributed by atoms with E-state index in [9.17, 15) is 4.79 Å². The van der Waals surface area contributed by atoms with E-state index in [1.165, 1.54) is 24.8 Å². The quantitative estimate of drug-likeness (QED) is 0.863. The Balaban J connectivity index is 1.62. The van der Waals surface area contributed by atoms with Crippen LogP contribution in [0.5, 0.6) is 0 Å². The van der Waals surface area contributed by atoms with Crippen molar-refractivity contribution in [1.29, 1.82) is 0 Å². The molecular formula is C17H24N2O. The van der Waals surface area contributed by atoms with Gasteiger partial charge >= 0.3 is 0 Å². The fraction of sp³-hybridized carbons (Fsp3) is 0.588. The highest BCUT2D eigenvalue weighted by atomic mass is 16.2. The van der Waals surface area contributed by atoms with Crippen molar-refractivity contribution in [3.05, 3.63) is 35.9 Å². The summed E-state index contributed by atoms with van der Waals surface area (Å²) in [5, 5.41) is 3.51. The lowest BCUT2D eigenvalue weighted by Crippen LogP contribution is -2.37. The summed E-state index contributed by atoms with van der Waals surface area (Å²) >= 11 is 0. The fourth-order valence-corrected chi connectivity index (χ4v) is 3.08. The fourth-order valence-electron chi connectivity index (χ4n) is 3.08. The van der Waals surface area contributed by atoms with Crippen LogP contribution in [0.15, 0.2) is 30.3 Å². The van der Waals surface area contributed by atoms with Crippen molar-refractivity contribution in [2.45, 2.75) is 51.2 Å². The highest BCUT2D eigenvalue weighted by molar-refractivity contribution is 5.84. The third-order valence-electron chi connectivity index (χ3n) is 4.50. The van der Waals surface area contributed by atoms with Crippen LogP contribution in [-0.2, 0) is 11.2 Å². The van der Waals surface area contributed by atoms with Gasteiger partial charge in [-0.2, -0.15) is 0 Å². The van der Waals surface area contributed by atoms with Crippen LogP contribution in [0.4, 0.5) is 0 Å². The molecule has 108 valence electrons. The Labute approximate surface area is 121 Å². The predicted molar refractivity (Wildman–Crippen MR) is 80.2 cm³/mol. The van der Waals surface area contributed by atoms with Gasteiger partial charge in [-0.05, 0) is 30.7 Å². The van der Waals surface area contributed by atoms with E-state index in [0.29, 0.717) is 5.91 Å². The van der Waals surface area contributed by atoms with E-state index in [2.05, 4.69) is 29.3 Å². The number of carbonyl (C=O) groups excluding carboxylic acids is 1. The Hall–Kier alpha value is -1.35. The Morgan fingerprint density at radius 3 is 2.65 bits per heavy atom. The number of carbonyl (C=O) groups is 1. The standard InChI is InChI=1S/C17H24N2O/c1-2-16-18-15(12-14-6-4-3-5-7-14)17(20)19(16)11-10-13-8-9-13/h3-7,13,15-16,18H,2,8-12H2,1H3. The van der Waals surface area contributed by atoms with Crippen molar-refractivity contribution < 1.29 is 4.79 Å². The molecule has 1 amide bonds. The topological polar surface area (TPSA) is 32.3 Å². The van der Waals surface area contributed by atoms with Gasteiger partial charge < -0.3 is 4.90 Å². The SMILES string of the molecule is CCC1NC(Cc2ccccc2)C(=O)N1CCC1CC1. The molecular weight excluding hydrogens is 248 g/mol. The Kier molecular flexibility index (Phi) is 4.06. The third kappa shape index (κ3) is 3.04. The molecule has 2 atom stereocenters. The van der Waals surface area contributed by atoms with Crippen LogP contribution >= 0.6 is 0 Å². The van der Waals surface area contributed by atoms with Crippen LogP contribution in [0, 0.1) is 5.92 Å². The van der Waals surface area contributed by atoms with Gasteiger partial charge in [-0.25, -0.2) is 0 Å². The molecule has 3 heteroatoms. The lowest BCUT2D eigenvalue weighted by Gasteiger charge is -2.22. The van der Waals surface area contributed by atoms with E-state index in [1.54, 1.807) is 0 Å². The van der Waals surface area contributed by atoms with Crippen LogP contribution in [-0.4, -0.2) is 29.6 Å². The zero-order valence-electron chi connectivity index (χ0n) is 12.2. The van der Waals surface area contributed by atoms with Crippen molar-refractivity contribution in [2.75, 3.05) is 6.54 Å². The van der Waals surface area contributed by atoms with Crippen molar-refractivity contribution in [3.63, 3.8) is 0 Å². The van der Waals surface area contributed by atoms with Gasteiger partial charge in [-0.1, -0.05) is 50.1 Å². The lowest BCUT2D eigenvalue weighted by atomic mass is 10.1. The zero-order valence-corrected chi connectivity index (χ0v) is 12.2. The van der Waals surface area contributed by atoms with Gasteiger partial charge in [-0.3, -0.25) is 10.1 Å². The molecule has 1 aliphatic heterocycles. The minimum Gasteiger partial charge on any atom is -0.326 e. The molecule has 0 radical (unpaired) electrons. The number of nitrogens with zero attached hydrogens (tertiary/aromatic N) is 1. The summed E-state index contributed by atoms with van der Waals surface area (Å²) in [5.74, 6) is 1.18. The molecule has 1 saturated carbocycles. The summed E-state index contributed by atoms with van der Waals surface area (Å²) in [6.45, 7) is 3.08. The largest absolute Gasteiger partial charge is 0.326 e. The summed E-state index contributed by atoms with van der Waals surface area (Å²) in [5.41, 5.74) is 1.23. The second kappa shape index (κ2) is 5.96. The summed E-state index contributed by atoms with van der Waals surface area (Å²) < 4.78 is 0. The molecule has 2 aliphatic rings. The third-order valence-corrected chi connectivity index (χ3v) is 4.50. The molecule has 1 aliphatic carbocycles. The van der Waals surface area contributed by atoms with E-state index < -0.39 is 0 Å². The van der Waals surface area contributed by atoms with Gasteiger partial charge in [0.1, 0.15) is 0 Å². The summed E-state index contributed by atoms with van der Waals surface area (Å²) in [4.78, 5) is 14.7. The summed E-state index contributed by atoms with van der Waals surface area (Å²) in [7, 11) is 0. The molecule has 3 rings (SSSR count). The Morgan fingerprint density at radius 1 is 1.25 bits per heavy atom. The van der Waals surface area contributed by atoms with Gasteiger partial charge in [0.25, 0.3) is 0 Å². The van der Waals surface area contributed by atoms with Crippen LogP contribution in [0.25, 0.3) is 0 Å². The van der Waals surface area contributed by atoms with Gasteiger partial charge in [0.15, 0.2) is 0 Å². The smallest absolute Gasteiger partial charge is 0.241 e. The van der Waals surface area contributed by atoms with Gasteiger partial charge in [-0.15, -0.1) is 0 Å². The molecule has 1 aromatic carbocycles. The molecule has 1 heterocycles. The Morgan fingerprint density at radius 2 is 2.00 bits per heavy atom. The zero-order chi connectivity index (χ0) is 13.9. The van der Waals surface area contributed by atoms with Crippen LogP contribution in [0.2, 0.25) is 0 Å². The van der Waals surface area contributed by atoms with Crippen LogP contribution in [0.1, 0.15) is 38.2 Å². The number of amides is 1. The van der Waals surface area contributed by atoms with E-state index >= 15 is 0 Å². The minimum absolute atomic E-state index is 0.0402. The molecule has 0 bridgehead atoms. The predicted octanol–water partition coefficient (Wildman–Crippen LogP) is 2.57. The first-order chi connectivity index (χ1) is 9.78. The van der Waals surface area contributed by atoms with Crippen LogP contribution in [0.3, 0.4) is 0 Å². The maximum absolute atomic E-state index is 12.6. The average molecular weight is 272 g/mol. The number of rotatable bonds is 6. The first-order valence-electron chi connectivity index (χ1n) is 7.88. The maximum atomic E-state index is 12.6. The highest BCUT2D eigenvalue weighted by Gasteiger charge is 2.38. The molecule has 0 spiro atoms. The maximum Gasteiger partial charge on any atom is 0.241 e. The number of benzene rings is 1. The van der Waals surface area contributed by atoms with E-state index in [1.807, 2.05) is 18.2 Å².